The molecule has 0 saturated heterocycles. The molecule has 0 saturated carbocycles. The molecule has 3 nitrogen and oxygen atoms in total. The maximum absolute atomic E-state index is 5.67. The van der Waals surface area contributed by atoms with Gasteiger partial charge in [-0.1, -0.05) is 26.7 Å². The lowest BCUT2D eigenvalue weighted by atomic mass is 10.1. The van der Waals surface area contributed by atoms with Gasteiger partial charge in [0.2, 0.25) is 0 Å². The Hall–Kier alpha value is -1.38. The predicted molar refractivity (Wildman–Crippen MR) is 86.0 cm³/mol. The summed E-state index contributed by atoms with van der Waals surface area (Å²) in [5, 5.41) is 3.61. The summed E-state index contributed by atoms with van der Waals surface area (Å²) in [4.78, 5) is 0. The molecule has 3 heteroatoms. The van der Waals surface area contributed by atoms with Gasteiger partial charge in [0.25, 0.3) is 0 Å². The topological polar surface area (TPSA) is 30.5 Å². The minimum atomic E-state index is 0.539. The molecule has 1 rings (SSSR count). The normalized spacial score (nSPS) is 10.7. The van der Waals surface area contributed by atoms with Gasteiger partial charge in [0, 0.05) is 17.8 Å². The molecule has 1 aromatic rings. The molecule has 0 heterocycles. The second-order valence-corrected chi connectivity index (χ2v) is 4.95. The number of benzene rings is 1. The third-order valence-corrected chi connectivity index (χ3v) is 3.19. The lowest BCUT2D eigenvalue weighted by Gasteiger charge is -2.20. The fourth-order valence-corrected chi connectivity index (χ4v) is 2.36. The highest BCUT2D eigenvalue weighted by Gasteiger charge is 2.10. The van der Waals surface area contributed by atoms with Gasteiger partial charge in [0.15, 0.2) is 11.5 Å². The monoisotopic (exact) mass is 279 g/mol. The summed E-state index contributed by atoms with van der Waals surface area (Å²) in [5.41, 5.74) is 1.11. The van der Waals surface area contributed by atoms with Crippen LogP contribution in [0.5, 0.6) is 11.5 Å². The van der Waals surface area contributed by atoms with Crippen LogP contribution in [0.25, 0.3) is 0 Å². The Balaban J connectivity index is 2.80. The van der Waals surface area contributed by atoms with Gasteiger partial charge in [-0.05, 0) is 38.8 Å². The number of nitrogens with one attached hydrogen (secondary N) is 1. The first-order valence-electron chi connectivity index (χ1n) is 7.91. The van der Waals surface area contributed by atoms with E-state index in [0.717, 1.165) is 17.2 Å². The van der Waals surface area contributed by atoms with Crippen LogP contribution in [0.2, 0.25) is 0 Å². The van der Waals surface area contributed by atoms with Gasteiger partial charge >= 0.3 is 0 Å². The first kappa shape index (κ1) is 16.7. The maximum Gasteiger partial charge on any atom is 0.163 e. The number of rotatable bonds is 10. The van der Waals surface area contributed by atoms with Crippen LogP contribution in [0.3, 0.4) is 0 Å². The van der Waals surface area contributed by atoms with E-state index in [-0.39, 0.29) is 0 Å². The van der Waals surface area contributed by atoms with E-state index in [9.17, 15) is 0 Å². The fraction of sp³-hybridized carbons (Fsp3) is 0.647. The SMILES string of the molecule is CCCC(CCC)Nc1ccc(OCC)c(OCC)c1. The molecule has 0 bridgehead atoms. The van der Waals surface area contributed by atoms with Crippen LogP contribution in [0.4, 0.5) is 5.69 Å². The van der Waals surface area contributed by atoms with Crippen molar-refractivity contribution in [1.82, 2.24) is 0 Å². The van der Waals surface area contributed by atoms with E-state index in [2.05, 4.69) is 25.2 Å². The zero-order valence-corrected chi connectivity index (χ0v) is 13.4. The number of hydrogen-bond donors (Lipinski definition) is 1. The molecule has 0 aliphatic rings. The minimum absolute atomic E-state index is 0.539. The van der Waals surface area contributed by atoms with Crippen molar-refractivity contribution in [3.8, 4) is 11.5 Å². The van der Waals surface area contributed by atoms with E-state index < -0.39 is 0 Å². The minimum Gasteiger partial charge on any atom is -0.490 e. The van der Waals surface area contributed by atoms with E-state index in [1.54, 1.807) is 0 Å². The van der Waals surface area contributed by atoms with Crippen molar-refractivity contribution in [3.63, 3.8) is 0 Å². The molecule has 0 radical (unpaired) electrons. The highest BCUT2D eigenvalue weighted by Crippen LogP contribution is 2.31. The fourth-order valence-electron chi connectivity index (χ4n) is 2.36. The molecule has 0 atom stereocenters. The highest BCUT2D eigenvalue weighted by molar-refractivity contribution is 5.55. The summed E-state index contributed by atoms with van der Waals surface area (Å²) in [7, 11) is 0. The average Bonchev–Trinajstić information content (AvgIpc) is 2.43. The molecule has 0 aromatic heterocycles. The summed E-state index contributed by atoms with van der Waals surface area (Å²) in [6.07, 6.45) is 4.80. The standard InChI is InChI=1S/C17H29NO2/c1-5-9-14(10-6-2)18-15-11-12-16(19-7-3)17(13-15)20-8-4/h11-14,18H,5-10H2,1-4H3. The Labute approximate surface area is 123 Å². The third kappa shape index (κ3) is 5.32. The average molecular weight is 279 g/mol. The maximum atomic E-state index is 5.67. The van der Waals surface area contributed by atoms with E-state index in [1.807, 2.05) is 26.0 Å². The third-order valence-electron chi connectivity index (χ3n) is 3.19. The van der Waals surface area contributed by atoms with E-state index in [1.165, 1.54) is 25.7 Å². The van der Waals surface area contributed by atoms with Gasteiger partial charge in [-0.2, -0.15) is 0 Å². The Morgan fingerprint density at radius 3 is 2.05 bits per heavy atom. The van der Waals surface area contributed by atoms with Gasteiger partial charge in [-0.3, -0.25) is 0 Å². The molecular weight excluding hydrogens is 250 g/mol. The van der Waals surface area contributed by atoms with E-state index in [0.29, 0.717) is 19.3 Å². The van der Waals surface area contributed by atoms with Crippen molar-refractivity contribution >= 4 is 5.69 Å². The Morgan fingerprint density at radius 2 is 1.50 bits per heavy atom. The lowest BCUT2D eigenvalue weighted by Crippen LogP contribution is -2.18. The van der Waals surface area contributed by atoms with Crippen LogP contribution >= 0.6 is 0 Å². The zero-order chi connectivity index (χ0) is 14.8. The number of anilines is 1. The summed E-state index contributed by atoms with van der Waals surface area (Å²) in [6, 6.07) is 6.65. The first-order valence-corrected chi connectivity index (χ1v) is 7.91. The second-order valence-electron chi connectivity index (χ2n) is 4.95. The molecule has 0 aliphatic heterocycles. The van der Waals surface area contributed by atoms with Gasteiger partial charge in [0.1, 0.15) is 0 Å². The zero-order valence-electron chi connectivity index (χ0n) is 13.4. The molecule has 0 aliphatic carbocycles. The Kier molecular flexibility index (Phi) is 7.93. The van der Waals surface area contributed by atoms with E-state index >= 15 is 0 Å². The smallest absolute Gasteiger partial charge is 0.163 e. The molecule has 0 spiro atoms. The summed E-state index contributed by atoms with van der Waals surface area (Å²) in [5.74, 6) is 1.65. The van der Waals surface area contributed by atoms with Gasteiger partial charge in [-0.25, -0.2) is 0 Å². The first-order chi connectivity index (χ1) is 9.74. The van der Waals surface area contributed by atoms with Crippen molar-refractivity contribution in [3.05, 3.63) is 18.2 Å². The van der Waals surface area contributed by atoms with Crippen LogP contribution in [0, 0.1) is 0 Å². The molecule has 114 valence electrons. The summed E-state index contributed by atoms with van der Waals surface area (Å²) < 4.78 is 11.3. The summed E-state index contributed by atoms with van der Waals surface area (Å²) in [6.45, 7) is 9.74. The van der Waals surface area contributed by atoms with Crippen LogP contribution in [0.15, 0.2) is 18.2 Å². The van der Waals surface area contributed by atoms with Crippen LogP contribution in [0.1, 0.15) is 53.4 Å². The quantitative estimate of drug-likeness (QED) is 0.663. The molecule has 0 fully saturated rings. The molecule has 20 heavy (non-hydrogen) atoms. The van der Waals surface area contributed by atoms with Crippen molar-refractivity contribution in [2.24, 2.45) is 0 Å². The molecule has 1 aromatic carbocycles. The number of ether oxygens (including phenoxy) is 2. The molecular formula is C17H29NO2. The lowest BCUT2D eigenvalue weighted by molar-refractivity contribution is 0.288. The van der Waals surface area contributed by atoms with Crippen LogP contribution in [-0.2, 0) is 0 Å². The number of hydrogen-bond acceptors (Lipinski definition) is 3. The molecule has 0 unspecified atom stereocenters. The second kappa shape index (κ2) is 9.51. The molecule has 0 amide bonds. The van der Waals surface area contributed by atoms with Gasteiger partial charge < -0.3 is 14.8 Å². The van der Waals surface area contributed by atoms with E-state index in [4.69, 9.17) is 9.47 Å². The van der Waals surface area contributed by atoms with Crippen LogP contribution in [-0.4, -0.2) is 19.3 Å². The van der Waals surface area contributed by atoms with Crippen molar-refractivity contribution in [2.75, 3.05) is 18.5 Å². The largest absolute Gasteiger partial charge is 0.490 e. The Bertz CT molecular complexity index is 373. The highest BCUT2D eigenvalue weighted by atomic mass is 16.5. The van der Waals surface area contributed by atoms with Crippen LogP contribution < -0.4 is 14.8 Å². The molecule has 1 N–H and O–H groups in total. The van der Waals surface area contributed by atoms with Crippen molar-refractivity contribution in [1.29, 1.82) is 0 Å². The van der Waals surface area contributed by atoms with Crippen molar-refractivity contribution in [2.45, 2.75) is 59.4 Å². The van der Waals surface area contributed by atoms with Crippen molar-refractivity contribution < 1.29 is 9.47 Å². The Morgan fingerprint density at radius 1 is 0.900 bits per heavy atom. The predicted octanol–water partition coefficient (Wildman–Crippen LogP) is 4.86. The van der Waals surface area contributed by atoms with Gasteiger partial charge in [-0.15, -0.1) is 0 Å². The summed E-state index contributed by atoms with van der Waals surface area (Å²) >= 11 is 0. The van der Waals surface area contributed by atoms with Gasteiger partial charge in [0.05, 0.1) is 13.2 Å².